The number of amides is 1. The summed E-state index contributed by atoms with van der Waals surface area (Å²) in [6.07, 6.45) is 0.268. The van der Waals surface area contributed by atoms with Gasteiger partial charge in [0.2, 0.25) is 5.91 Å². The van der Waals surface area contributed by atoms with Gasteiger partial charge in [-0.25, -0.2) is 0 Å². The number of nitrogens with zero attached hydrogens (tertiary/aromatic N) is 2. The first-order valence-electron chi connectivity index (χ1n) is 9.25. The van der Waals surface area contributed by atoms with Gasteiger partial charge < -0.3 is 19.9 Å². The molecule has 156 valence electrons. The van der Waals surface area contributed by atoms with Gasteiger partial charge in [-0.1, -0.05) is 18.2 Å². The van der Waals surface area contributed by atoms with E-state index in [2.05, 4.69) is 10.6 Å². The molecule has 1 heterocycles. The standard InChI is InChI=1S/C20H26N4O4S/c1-13-6-5-7-14(2)19(13)28-18(27)9-11-22-16(25)8-10-21-15-12-17(26)24(4)20(29)23(15)3/h5-7,12,21H,8-11H2,1-4H3,(H,22,25). The van der Waals surface area contributed by atoms with E-state index in [-0.39, 0.29) is 30.9 Å². The quantitative estimate of drug-likeness (QED) is 0.387. The van der Waals surface area contributed by atoms with E-state index in [1.165, 1.54) is 10.6 Å². The van der Waals surface area contributed by atoms with Gasteiger partial charge in [0.25, 0.3) is 5.56 Å². The van der Waals surface area contributed by atoms with Gasteiger partial charge in [0.05, 0.1) is 6.42 Å². The van der Waals surface area contributed by atoms with E-state index in [0.717, 1.165) is 11.1 Å². The van der Waals surface area contributed by atoms with Crippen LogP contribution < -0.4 is 20.9 Å². The van der Waals surface area contributed by atoms with Crippen molar-refractivity contribution in [2.75, 3.05) is 18.4 Å². The number of hydrogen-bond donors (Lipinski definition) is 2. The Bertz CT molecular complexity index is 1010. The van der Waals surface area contributed by atoms with Crippen LogP contribution in [0.15, 0.2) is 29.1 Å². The predicted octanol–water partition coefficient (Wildman–Crippen LogP) is 1.98. The lowest BCUT2D eigenvalue weighted by atomic mass is 10.1. The maximum Gasteiger partial charge on any atom is 0.312 e. The predicted molar refractivity (Wildman–Crippen MR) is 114 cm³/mol. The molecule has 0 saturated heterocycles. The number of benzene rings is 1. The highest BCUT2D eigenvalue weighted by Gasteiger charge is 2.10. The summed E-state index contributed by atoms with van der Waals surface area (Å²) < 4.78 is 8.81. The van der Waals surface area contributed by atoms with Gasteiger partial charge in [0, 0.05) is 39.7 Å². The molecule has 29 heavy (non-hydrogen) atoms. The molecule has 0 atom stereocenters. The molecule has 0 unspecified atom stereocenters. The largest absolute Gasteiger partial charge is 0.426 e. The summed E-state index contributed by atoms with van der Waals surface area (Å²) in [4.78, 5) is 35.8. The summed E-state index contributed by atoms with van der Waals surface area (Å²) in [6, 6.07) is 7.08. The number of rotatable bonds is 8. The summed E-state index contributed by atoms with van der Waals surface area (Å²) >= 11 is 5.18. The van der Waals surface area contributed by atoms with Crippen LogP contribution in [0.2, 0.25) is 0 Å². The first-order chi connectivity index (χ1) is 13.7. The lowest BCUT2D eigenvalue weighted by Gasteiger charge is -2.13. The molecule has 0 bridgehead atoms. The second-order valence-electron chi connectivity index (χ2n) is 6.74. The summed E-state index contributed by atoms with van der Waals surface area (Å²) in [6.45, 7) is 4.27. The Morgan fingerprint density at radius 2 is 1.72 bits per heavy atom. The van der Waals surface area contributed by atoms with Gasteiger partial charge in [-0.15, -0.1) is 0 Å². The second-order valence-corrected chi connectivity index (χ2v) is 7.11. The molecule has 0 aliphatic carbocycles. The number of aromatic nitrogens is 2. The Kier molecular flexibility index (Phi) is 7.72. The molecule has 1 amide bonds. The molecule has 0 spiro atoms. The average molecular weight is 419 g/mol. The zero-order chi connectivity index (χ0) is 21.6. The molecular weight excluding hydrogens is 392 g/mol. The molecular formula is C20H26N4O4S. The fourth-order valence-corrected chi connectivity index (χ4v) is 2.91. The molecule has 0 saturated carbocycles. The highest BCUT2D eigenvalue weighted by atomic mass is 32.1. The molecule has 2 N–H and O–H groups in total. The molecule has 9 heteroatoms. The number of ether oxygens (including phenoxy) is 1. The minimum Gasteiger partial charge on any atom is -0.426 e. The Morgan fingerprint density at radius 3 is 2.38 bits per heavy atom. The van der Waals surface area contributed by atoms with Crippen molar-refractivity contribution in [3.8, 4) is 5.75 Å². The normalized spacial score (nSPS) is 10.5. The number of esters is 1. The van der Waals surface area contributed by atoms with Gasteiger partial charge in [-0.3, -0.25) is 19.0 Å². The number of hydrogen-bond acceptors (Lipinski definition) is 6. The van der Waals surface area contributed by atoms with Crippen molar-refractivity contribution in [3.63, 3.8) is 0 Å². The van der Waals surface area contributed by atoms with Crippen LogP contribution in [0.4, 0.5) is 5.82 Å². The van der Waals surface area contributed by atoms with E-state index in [1.807, 2.05) is 32.0 Å². The van der Waals surface area contributed by atoms with Crippen LogP contribution in [0.25, 0.3) is 0 Å². The third-order valence-electron chi connectivity index (χ3n) is 4.46. The lowest BCUT2D eigenvalue weighted by molar-refractivity contribution is -0.134. The summed E-state index contributed by atoms with van der Waals surface area (Å²) in [5, 5.41) is 5.72. The Morgan fingerprint density at radius 1 is 1.07 bits per heavy atom. The van der Waals surface area contributed by atoms with Crippen LogP contribution in [-0.4, -0.2) is 34.1 Å². The highest BCUT2D eigenvalue weighted by molar-refractivity contribution is 7.71. The first-order valence-corrected chi connectivity index (χ1v) is 9.66. The van der Waals surface area contributed by atoms with Crippen LogP contribution in [0, 0.1) is 18.6 Å². The second kappa shape index (κ2) is 10.0. The maximum absolute atomic E-state index is 12.0. The highest BCUT2D eigenvalue weighted by Crippen LogP contribution is 2.22. The van der Waals surface area contributed by atoms with Crippen LogP contribution in [0.3, 0.4) is 0 Å². The van der Waals surface area contributed by atoms with Crippen molar-refractivity contribution in [2.45, 2.75) is 26.7 Å². The molecule has 1 aromatic carbocycles. The minimum atomic E-state index is -0.397. The summed E-state index contributed by atoms with van der Waals surface area (Å²) in [5.74, 6) is 0.507. The van der Waals surface area contributed by atoms with E-state index in [0.29, 0.717) is 22.9 Å². The number of para-hydroxylation sites is 1. The van der Waals surface area contributed by atoms with Gasteiger partial charge in [-0.05, 0) is 37.2 Å². The third-order valence-corrected chi connectivity index (χ3v) is 5.01. The molecule has 0 radical (unpaired) electrons. The summed E-state index contributed by atoms with van der Waals surface area (Å²) in [7, 11) is 3.35. The maximum atomic E-state index is 12.0. The fraction of sp³-hybridized carbons (Fsp3) is 0.400. The van der Waals surface area contributed by atoms with E-state index in [9.17, 15) is 14.4 Å². The third kappa shape index (κ3) is 6.02. The summed E-state index contributed by atoms with van der Waals surface area (Å²) in [5.41, 5.74) is 1.56. The first kappa shape index (κ1) is 22.4. The Labute approximate surface area is 174 Å². The monoisotopic (exact) mass is 418 g/mol. The number of carbonyl (C=O) groups is 2. The number of anilines is 1. The molecule has 2 aromatic rings. The Balaban J connectivity index is 1.75. The molecule has 0 aliphatic heterocycles. The SMILES string of the molecule is Cc1cccc(C)c1OC(=O)CCNC(=O)CCNc1cc(=O)n(C)c(=S)n1C. The number of nitrogens with one attached hydrogen (secondary N) is 2. The van der Waals surface area contributed by atoms with Crippen molar-refractivity contribution in [1.82, 2.24) is 14.5 Å². The van der Waals surface area contributed by atoms with Crippen LogP contribution in [0.5, 0.6) is 5.75 Å². The molecule has 8 nitrogen and oxygen atoms in total. The smallest absolute Gasteiger partial charge is 0.312 e. The fourth-order valence-electron chi connectivity index (χ4n) is 2.72. The van der Waals surface area contributed by atoms with Crippen molar-refractivity contribution >= 4 is 29.9 Å². The van der Waals surface area contributed by atoms with Gasteiger partial charge >= 0.3 is 5.97 Å². The van der Waals surface area contributed by atoms with E-state index < -0.39 is 5.97 Å². The molecule has 2 rings (SSSR count). The van der Waals surface area contributed by atoms with Crippen LogP contribution >= 0.6 is 12.2 Å². The van der Waals surface area contributed by atoms with Crippen LogP contribution in [0.1, 0.15) is 24.0 Å². The van der Waals surface area contributed by atoms with Gasteiger partial charge in [-0.2, -0.15) is 0 Å². The van der Waals surface area contributed by atoms with Gasteiger partial charge in [0.1, 0.15) is 11.6 Å². The zero-order valence-corrected chi connectivity index (χ0v) is 17.9. The average Bonchev–Trinajstić information content (AvgIpc) is 2.67. The van der Waals surface area contributed by atoms with E-state index >= 15 is 0 Å². The van der Waals surface area contributed by atoms with Gasteiger partial charge in [0.15, 0.2) is 4.77 Å². The van der Waals surface area contributed by atoms with Crippen molar-refractivity contribution in [2.24, 2.45) is 14.1 Å². The number of carbonyl (C=O) groups excluding carboxylic acids is 2. The Hall–Kier alpha value is -2.94. The lowest BCUT2D eigenvalue weighted by Crippen LogP contribution is -2.29. The molecule has 1 aromatic heterocycles. The van der Waals surface area contributed by atoms with E-state index in [1.54, 1.807) is 18.7 Å². The molecule has 0 fully saturated rings. The van der Waals surface area contributed by atoms with Crippen LogP contribution in [-0.2, 0) is 23.7 Å². The minimum absolute atomic E-state index is 0.0793. The van der Waals surface area contributed by atoms with E-state index in [4.69, 9.17) is 17.0 Å². The topological polar surface area (TPSA) is 94.4 Å². The molecule has 0 aliphatic rings. The van der Waals surface area contributed by atoms with Crippen molar-refractivity contribution in [3.05, 3.63) is 50.5 Å². The number of aryl methyl sites for hydroxylation is 2. The van der Waals surface area contributed by atoms with Crippen molar-refractivity contribution in [1.29, 1.82) is 0 Å². The van der Waals surface area contributed by atoms with Crippen molar-refractivity contribution < 1.29 is 14.3 Å². The zero-order valence-electron chi connectivity index (χ0n) is 17.1.